The number of rotatable bonds is 1. The molecule has 1 unspecified atom stereocenters. The zero-order valence-electron chi connectivity index (χ0n) is 8.44. The lowest BCUT2D eigenvalue weighted by atomic mass is 9.99. The molecule has 1 aliphatic rings. The van der Waals surface area contributed by atoms with Gasteiger partial charge in [0.25, 0.3) is 0 Å². The summed E-state index contributed by atoms with van der Waals surface area (Å²) in [5, 5.41) is 0. The minimum absolute atomic E-state index is 0.233. The second kappa shape index (κ2) is 4.23. The van der Waals surface area contributed by atoms with Crippen LogP contribution in [0.25, 0.3) is 0 Å². The molecule has 1 atom stereocenters. The summed E-state index contributed by atoms with van der Waals surface area (Å²) >= 11 is 3.40. The second-order valence-corrected chi connectivity index (χ2v) is 4.62. The van der Waals surface area contributed by atoms with Crippen LogP contribution in [-0.4, -0.2) is 31.2 Å². The molecule has 1 aromatic carbocycles. The van der Waals surface area contributed by atoms with Crippen LogP contribution in [0.5, 0.6) is 0 Å². The third-order valence-corrected chi connectivity index (χ3v) is 3.08. The Labute approximate surface area is 97.2 Å². The van der Waals surface area contributed by atoms with Crippen LogP contribution in [0.4, 0.5) is 4.79 Å². The van der Waals surface area contributed by atoms with Crippen LogP contribution in [0.15, 0.2) is 28.7 Å². The van der Waals surface area contributed by atoms with E-state index < -0.39 is 0 Å². The lowest BCUT2D eigenvalue weighted by Gasteiger charge is -2.29. The molecule has 0 spiro atoms. The minimum atomic E-state index is -0.233. The maximum Gasteiger partial charge on any atom is 0.409 e. The molecule has 1 aromatic rings. The van der Waals surface area contributed by atoms with Crippen molar-refractivity contribution in [2.75, 3.05) is 20.2 Å². The van der Waals surface area contributed by atoms with Crippen molar-refractivity contribution in [3.63, 3.8) is 0 Å². The Bertz CT molecular complexity index is 363. The lowest BCUT2D eigenvalue weighted by molar-refractivity contribution is 0.0718. The number of hydrogen-bond donors (Lipinski definition) is 0. The van der Waals surface area contributed by atoms with E-state index in [0.717, 1.165) is 11.0 Å². The molecule has 1 saturated heterocycles. The van der Waals surface area contributed by atoms with Gasteiger partial charge in [-0.1, -0.05) is 28.1 Å². The zero-order valence-corrected chi connectivity index (χ0v) is 10.0. The summed E-state index contributed by atoms with van der Waals surface area (Å²) in [6.07, 6.45) is -0.233. The van der Waals surface area contributed by atoms with Crippen molar-refractivity contribution >= 4 is 22.0 Å². The van der Waals surface area contributed by atoms with Gasteiger partial charge in [-0.15, -0.1) is 0 Å². The Balaban J connectivity index is 2.12. The van der Waals surface area contributed by atoms with Crippen LogP contribution in [0.1, 0.15) is 11.5 Å². The molecule has 0 aliphatic carbocycles. The molecule has 0 bridgehead atoms. The quantitative estimate of drug-likeness (QED) is 0.785. The van der Waals surface area contributed by atoms with Gasteiger partial charge >= 0.3 is 6.09 Å². The normalized spacial score (nSPS) is 21.3. The summed E-state index contributed by atoms with van der Waals surface area (Å²) in [6.45, 7) is 1.20. The van der Waals surface area contributed by atoms with Crippen molar-refractivity contribution in [2.24, 2.45) is 0 Å². The predicted molar refractivity (Wildman–Crippen MR) is 60.9 cm³/mol. The lowest BCUT2D eigenvalue weighted by Crippen LogP contribution is -2.39. The van der Waals surface area contributed by atoms with Gasteiger partial charge < -0.3 is 9.64 Å². The van der Waals surface area contributed by atoms with Crippen molar-refractivity contribution in [1.82, 2.24) is 4.90 Å². The van der Waals surface area contributed by atoms with Crippen molar-refractivity contribution in [3.8, 4) is 0 Å². The van der Waals surface area contributed by atoms with Crippen molar-refractivity contribution < 1.29 is 9.53 Å². The number of amides is 1. The molecule has 0 aromatic heterocycles. The van der Waals surface area contributed by atoms with E-state index in [0.29, 0.717) is 6.61 Å². The molecule has 15 heavy (non-hydrogen) atoms. The van der Waals surface area contributed by atoms with Gasteiger partial charge in [-0.05, 0) is 17.7 Å². The molecule has 1 aliphatic heterocycles. The Morgan fingerprint density at radius 1 is 1.40 bits per heavy atom. The second-order valence-electron chi connectivity index (χ2n) is 3.71. The molecule has 1 heterocycles. The average Bonchev–Trinajstić information content (AvgIpc) is 2.23. The number of likely N-dealkylation sites (N-methyl/N-ethyl adjacent to an activating group) is 1. The van der Waals surface area contributed by atoms with Gasteiger partial charge in [0.05, 0.1) is 0 Å². The smallest absolute Gasteiger partial charge is 0.409 e. The Kier molecular flexibility index (Phi) is 2.95. The van der Waals surface area contributed by atoms with Gasteiger partial charge in [0, 0.05) is 24.0 Å². The average molecular weight is 270 g/mol. The van der Waals surface area contributed by atoms with E-state index in [4.69, 9.17) is 4.74 Å². The highest BCUT2D eigenvalue weighted by atomic mass is 79.9. The first-order valence-electron chi connectivity index (χ1n) is 4.80. The van der Waals surface area contributed by atoms with Gasteiger partial charge in [0.15, 0.2) is 0 Å². The monoisotopic (exact) mass is 269 g/mol. The van der Waals surface area contributed by atoms with Crippen molar-refractivity contribution in [1.29, 1.82) is 0 Å². The minimum Gasteiger partial charge on any atom is -0.449 e. The summed E-state index contributed by atoms with van der Waals surface area (Å²) in [6, 6.07) is 8.13. The molecule has 1 fully saturated rings. The van der Waals surface area contributed by atoms with Gasteiger partial charge in [0.2, 0.25) is 0 Å². The van der Waals surface area contributed by atoms with E-state index in [1.54, 1.807) is 11.9 Å². The topological polar surface area (TPSA) is 29.5 Å². The van der Waals surface area contributed by atoms with Gasteiger partial charge in [-0.2, -0.15) is 0 Å². The van der Waals surface area contributed by atoms with E-state index in [2.05, 4.69) is 28.1 Å². The zero-order chi connectivity index (χ0) is 10.8. The van der Waals surface area contributed by atoms with Gasteiger partial charge in [-0.3, -0.25) is 0 Å². The summed E-state index contributed by atoms with van der Waals surface area (Å²) in [7, 11) is 1.76. The van der Waals surface area contributed by atoms with E-state index in [1.807, 2.05) is 12.1 Å². The number of halogens is 1. The Hall–Kier alpha value is -1.03. The number of carbonyl (C=O) groups excluding carboxylic acids is 1. The van der Waals surface area contributed by atoms with Gasteiger partial charge in [0.1, 0.15) is 6.61 Å². The van der Waals surface area contributed by atoms with Gasteiger partial charge in [-0.25, -0.2) is 4.79 Å². The predicted octanol–water partition coefficient (Wildman–Crippen LogP) is 2.61. The molecule has 3 nitrogen and oxygen atoms in total. The van der Waals surface area contributed by atoms with E-state index >= 15 is 0 Å². The number of nitrogens with zero attached hydrogens (tertiary/aromatic N) is 1. The Morgan fingerprint density at radius 2 is 2.07 bits per heavy atom. The fourth-order valence-electron chi connectivity index (χ4n) is 1.68. The third-order valence-electron chi connectivity index (χ3n) is 2.56. The van der Waals surface area contributed by atoms with E-state index in [-0.39, 0.29) is 12.0 Å². The first kappa shape index (κ1) is 10.5. The third kappa shape index (κ3) is 2.31. The highest BCUT2D eigenvalue weighted by molar-refractivity contribution is 9.10. The van der Waals surface area contributed by atoms with E-state index in [1.165, 1.54) is 5.56 Å². The number of carbonyl (C=O) groups is 1. The molecular weight excluding hydrogens is 258 g/mol. The standard InChI is InChI=1S/C11H12BrNO2/c1-13-6-9(7-15-11(13)14)8-2-4-10(12)5-3-8/h2-5,9H,6-7H2,1H3. The van der Waals surface area contributed by atoms with Crippen LogP contribution >= 0.6 is 15.9 Å². The largest absolute Gasteiger partial charge is 0.449 e. The summed E-state index contributed by atoms with van der Waals surface area (Å²) in [5.41, 5.74) is 1.21. The summed E-state index contributed by atoms with van der Waals surface area (Å²) in [5.74, 6) is 0.279. The fraction of sp³-hybridized carbons (Fsp3) is 0.364. The number of ether oxygens (including phenoxy) is 1. The van der Waals surface area contributed by atoms with Crippen LogP contribution < -0.4 is 0 Å². The van der Waals surface area contributed by atoms with Crippen LogP contribution in [-0.2, 0) is 4.74 Å². The fourth-order valence-corrected chi connectivity index (χ4v) is 1.94. The maximum absolute atomic E-state index is 11.1. The molecule has 0 saturated carbocycles. The SMILES string of the molecule is CN1CC(c2ccc(Br)cc2)COC1=O. The first-order chi connectivity index (χ1) is 7.16. The molecule has 2 rings (SSSR count). The van der Waals surface area contributed by atoms with Crippen molar-refractivity contribution in [3.05, 3.63) is 34.3 Å². The summed E-state index contributed by atoms with van der Waals surface area (Å²) < 4.78 is 6.13. The van der Waals surface area contributed by atoms with E-state index in [9.17, 15) is 4.79 Å². The highest BCUT2D eigenvalue weighted by Crippen LogP contribution is 2.23. The molecule has 1 amide bonds. The van der Waals surface area contributed by atoms with Crippen LogP contribution in [0, 0.1) is 0 Å². The van der Waals surface area contributed by atoms with Crippen LogP contribution in [0.2, 0.25) is 0 Å². The molecule has 80 valence electrons. The molecular formula is C11H12BrNO2. The summed E-state index contributed by atoms with van der Waals surface area (Å²) in [4.78, 5) is 12.7. The highest BCUT2D eigenvalue weighted by Gasteiger charge is 2.25. The van der Waals surface area contributed by atoms with Crippen LogP contribution in [0.3, 0.4) is 0 Å². The molecule has 0 N–H and O–H groups in total. The number of hydrogen-bond acceptors (Lipinski definition) is 2. The first-order valence-corrected chi connectivity index (χ1v) is 5.59. The van der Waals surface area contributed by atoms with Crippen molar-refractivity contribution in [2.45, 2.75) is 5.92 Å². The number of cyclic esters (lactones) is 1. The number of benzene rings is 1. The molecule has 0 radical (unpaired) electrons. The Morgan fingerprint density at radius 3 is 2.67 bits per heavy atom. The molecule has 4 heteroatoms. The maximum atomic E-state index is 11.1.